The van der Waals surface area contributed by atoms with E-state index in [1.54, 1.807) is 58.3 Å². The zero-order valence-electron chi connectivity index (χ0n) is 37.7. The van der Waals surface area contributed by atoms with Gasteiger partial charge in [-0.2, -0.15) is 0 Å². The van der Waals surface area contributed by atoms with E-state index in [9.17, 15) is 28.0 Å². The Morgan fingerprint density at radius 1 is 0.559 bits per heavy atom. The molecule has 2 heterocycles. The number of anilines is 4. The highest BCUT2D eigenvalue weighted by molar-refractivity contribution is 9.10. The Hall–Kier alpha value is -5.40. The number of amides is 2. The first kappa shape index (κ1) is 47.7. The molecule has 10 rings (SSSR count). The summed E-state index contributed by atoms with van der Waals surface area (Å²) in [5.41, 5.74) is 3.39. The van der Waals surface area contributed by atoms with Crippen LogP contribution in [0, 0.1) is 23.5 Å². The second kappa shape index (κ2) is 17.2. The molecule has 68 heavy (non-hydrogen) atoms. The molecule has 0 saturated heterocycles. The second-order valence-electron chi connectivity index (χ2n) is 18.4. The summed E-state index contributed by atoms with van der Waals surface area (Å²) in [5.74, 6) is -1.87. The van der Waals surface area contributed by atoms with Crippen LogP contribution in [0.1, 0.15) is 83.5 Å². The summed E-state index contributed by atoms with van der Waals surface area (Å²) in [6.07, 6.45) is 1.12. The van der Waals surface area contributed by atoms with Gasteiger partial charge in [-0.1, -0.05) is 107 Å². The van der Waals surface area contributed by atoms with Crippen LogP contribution in [0.5, 0.6) is 0 Å². The fourth-order valence-electron chi connectivity index (χ4n) is 11.5. The molecule has 4 atom stereocenters. The zero-order chi connectivity index (χ0) is 48.8. The number of fused-ring (bicyclic) bond motifs is 4. The van der Waals surface area contributed by atoms with Gasteiger partial charge in [0.15, 0.2) is 0 Å². The van der Waals surface area contributed by atoms with E-state index in [1.807, 2.05) is 48.5 Å². The topological polar surface area (TPSA) is 93.2 Å². The van der Waals surface area contributed by atoms with Gasteiger partial charge in [-0.15, -0.1) is 0 Å². The molecule has 2 aliphatic carbocycles. The van der Waals surface area contributed by atoms with E-state index in [2.05, 4.69) is 59.6 Å². The Morgan fingerprint density at radius 2 is 0.912 bits per heavy atom. The Kier molecular flexibility index (Phi) is 12.1. The number of nitrogens with zero attached hydrogens (tertiary/aromatic N) is 2. The number of esters is 2. The first-order valence-corrected chi connectivity index (χ1v) is 24.2. The summed E-state index contributed by atoms with van der Waals surface area (Å²) in [6.45, 7) is 8.36. The van der Waals surface area contributed by atoms with Gasteiger partial charge in [0.05, 0.1) is 58.9 Å². The SMILES string of the molecule is COC(=O)c1cc(Br)cc(N2C(=O)[C@@]3(C[C@]3(c3ccc(Cl)cc3)C(C)C)c3cc(F)ccc32)c1.COC(=O)c1cc(Br)cc(N2C(=O)[C@]3(C[C@@]3(c3ccc(Cl)cc3)C(C)C)c3cc(F)ccc32)c1. The lowest BCUT2D eigenvalue weighted by Crippen LogP contribution is -2.36. The quantitative estimate of drug-likeness (QED) is 0.141. The lowest BCUT2D eigenvalue weighted by atomic mass is 9.75. The Balaban J connectivity index is 0.000000170. The summed E-state index contributed by atoms with van der Waals surface area (Å²) in [6, 6.07) is 34.2. The molecule has 0 radical (unpaired) electrons. The van der Waals surface area contributed by atoms with E-state index in [-0.39, 0.29) is 23.7 Å². The molecule has 0 bridgehead atoms. The van der Waals surface area contributed by atoms with Crippen LogP contribution in [0.3, 0.4) is 0 Å². The average Bonchev–Trinajstić information content (AvgIpc) is 4.18. The fraction of sp³-hybridized carbons (Fsp3) is 0.259. The number of methoxy groups -OCH3 is 2. The van der Waals surface area contributed by atoms with Crippen LogP contribution in [0.15, 0.2) is 130 Å². The van der Waals surface area contributed by atoms with E-state index < -0.39 is 45.2 Å². The minimum absolute atomic E-state index is 0.0989. The van der Waals surface area contributed by atoms with Crippen molar-refractivity contribution in [3.05, 3.63) is 185 Å². The van der Waals surface area contributed by atoms with Crippen molar-refractivity contribution >= 4 is 102 Å². The van der Waals surface area contributed by atoms with Crippen molar-refractivity contribution in [2.24, 2.45) is 11.8 Å². The van der Waals surface area contributed by atoms with E-state index in [0.29, 0.717) is 76.8 Å². The Morgan fingerprint density at radius 3 is 1.24 bits per heavy atom. The molecule has 2 amide bonds. The molecule has 0 N–H and O–H groups in total. The maximum atomic E-state index is 14.6. The molecular weight excluding hydrogens is 1040 g/mol. The van der Waals surface area contributed by atoms with E-state index in [0.717, 1.165) is 11.1 Å². The molecule has 14 heteroatoms. The van der Waals surface area contributed by atoms with Gasteiger partial charge in [-0.25, -0.2) is 18.4 Å². The standard InChI is InChI=1S/2C27H22BrClFNO3/c2*1-15(2)26(17-4-6-19(29)7-5-17)14-27(26)22-13-20(30)8-9-23(22)31(25(27)33)21-11-16(24(32)34-3)10-18(28)12-21/h2*4-13,15H,14H2,1-3H3/t2*26-,27-/m10/s1. The molecule has 8 nitrogen and oxygen atoms in total. The van der Waals surface area contributed by atoms with Gasteiger partial charge in [0.1, 0.15) is 11.6 Å². The smallest absolute Gasteiger partial charge is 0.337 e. The number of halogens is 6. The van der Waals surface area contributed by atoms with Gasteiger partial charge in [0.25, 0.3) is 0 Å². The fourth-order valence-corrected chi connectivity index (χ4v) is 12.7. The van der Waals surface area contributed by atoms with Gasteiger partial charge in [0.2, 0.25) is 11.8 Å². The van der Waals surface area contributed by atoms with Crippen LogP contribution in [-0.4, -0.2) is 38.0 Å². The molecule has 0 aromatic heterocycles. The van der Waals surface area contributed by atoms with Gasteiger partial charge in [-0.3, -0.25) is 19.4 Å². The molecule has 0 unspecified atom stereocenters. The third-order valence-electron chi connectivity index (χ3n) is 14.6. The average molecular weight is 1090 g/mol. The monoisotopic (exact) mass is 1080 g/mol. The van der Waals surface area contributed by atoms with Gasteiger partial charge in [0, 0.05) is 29.8 Å². The minimum Gasteiger partial charge on any atom is -0.465 e. The number of rotatable bonds is 8. The van der Waals surface area contributed by atoms with Crippen LogP contribution in [0.4, 0.5) is 31.5 Å². The van der Waals surface area contributed by atoms with E-state index in [1.165, 1.54) is 38.5 Å². The number of ether oxygens (including phenoxy) is 2. The van der Waals surface area contributed by atoms with Crippen molar-refractivity contribution in [3.8, 4) is 0 Å². The predicted octanol–water partition coefficient (Wildman–Crippen LogP) is 13.9. The number of benzene rings is 6. The molecule has 2 fully saturated rings. The first-order valence-electron chi connectivity index (χ1n) is 21.9. The van der Waals surface area contributed by atoms with Crippen molar-refractivity contribution in [1.29, 1.82) is 0 Å². The van der Waals surface area contributed by atoms with Crippen LogP contribution in [0.2, 0.25) is 10.0 Å². The third kappa shape index (κ3) is 7.06. The molecule has 2 spiro atoms. The van der Waals surface area contributed by atoms with Crippen LogP contribution in [-0.2, 0) is 40.7 Å². The molecule has 4 aliphatic rings. The van der Waals surface area contributed by atoms with Gasteiger partial charge < -0.3 is 9.47 Å². The first-order chi connectivity index (χ1) is 32.3. The summed E-state index contributed by atoms with van der Waals surface area (Å²) in [7, 11) is 2.62. The number of carbonyl (C=O) groups excluding carboxylic acids is 4. The van der Waals surface area contributed by atoms with Gasteiger partial charge in [-0.05, 0) is 144 Å². The zero-order valence-corrected chi connectivity index (χ0v) is 42.4. The lowest BCUT2D eigenvalue weighted by Gasteiger charge is -2.27. The highest BCUT2D eigenvalue weighted by Crippen LogP contribution is 2.75. The minimum atomic E-state index is -0.916. The molecule has 2 aliphatic heterocycles. The molecule has 348 valence electrons. The van der Waals surface area contributed by atoms with E-state index in [4.69, 9.17) is 32.7 Å². The lowest BCUT2D eigenvalue weighted by molar-refractivity contribution is -0.121. The van der Waals surface area contributed by atoms with Crippen molar-refractivity contribution in [1.82, 2.24) is 0 Å². The predicted molar refractivity (Wildman–Crippen MR) is 267 cm³/mol. The highest BCUT2D eigenvalue weighted by atomic mass is 79.9. The summed E-state index contributed by atoms with van der Waals surface area (Å²) in [4.78, 5) is 56.3. The van der Waals surface area contributed by atoms with E-state index >= 15 is 0 Å². The number of carbonyl (C=O) groups is 4. The van der Waals surface area contributed by atoms with Crippen LogP contribution in [0.25, 0.3) is 0 Å². The summed E-state index contributed by atoms with van der Waals surface area (Å²) < 4.78 is 40.2. The molecule has 2 saturated carbocycles. The molecular formula is C54H44Br2Cl2F2N2O6. The van der Waals surface area contributed by atoms with Crippen molar-refractivity contribution < 1.29 is 37.4 Å². The van der Waals surface area contributed by atoms with Crippen molar-refractivity contribution in [2.45, 2.75) is 62.2 Å². The Bertz CT molecular complexity index is 2890. The summed E-state index contributed by atoms with van der Waals surface area (Å²) in [5, 5.41) is 1.24. The van der Waals surface area contributed by atoms with Gasteiger partial charge >= 0.3 is 11.9 Å². The number of hydrogen-bond acceptors (Lipinski definition) is 6. The second-order valence-corrected chi connectivity index (χ2v) is 21.1. The maximum absolute atomic E-state index is 14.6. The highest BCUT2D eigenvalue weighted by Gasteiger charge is 2.79. The maximum Gasteiger partial charge on any atom is 0.337 e. The molecule has 6 aromatic carbocycles. The van der Waals surface area contributed by atoms with Crippen LogP contribution >= 0.6 is 55.1 Å². The normalized spacial score (nSPS) is 22.9. The third-order valence-corrected chi connectivity index (χ3v) is 16.0. The largest absolute Gasteiger partial charge is 0.465 e. The Labute approximate surface area is 419 Å². The molecule has 6 aromatic rings. The van der Waals surface area contributed by atoms with Crippen molar-refractivity contribution in [2.75, 3.05) is 24.0 Å². The number of hydrogen-bond donors (Lipinski definition) is 0. The van der Waals surface area contributed by atoms with Crippen molar-refractivity contribution in [3.63, 3.8) is 0 Å². The van der Waals surface area contributed by atoms with Crippen LogP contribution < -0.4 is 9.80 Å². The summed E-state index contributed by atoms with van der Waals surface area (Å²) >= 11 is 19.2.